The van der Waals surface area contributed by atoms with Gasteiger partial charge < -0.3 is 15.2 Å². The summed E-state index contributed by atoms with van der Waals surface area (Å²) < 4.78 is 6.06. The number of hydrogen-bond donors (Lipinski definition) is 2. The van der Waals surface area contributed by atoms with Crippen LogP contribution in [0.25, 0.3) is 5.76 Å². The van der Waals surface area contributed by atoms with Crippen molar-refractivity contribution in [2.75, 3.05) is 16.9 Å². The number of nitrogens with one attached hydrogen (secondary N) is 1. The molecule has 0 atom stereocenters. The molecule has 7 heteroatoms. The fourth-order valence-corrected chi connectivity index (χ4v) is 4.84. The van der Waals surface area contributed by atoms with E-state index in [1.54, 1.807) is 43.3 Å². The topological polar surface area (TPSA) is 91.2 Å². The lowest BCUT2D eigenvalue weighted by Gasteiger charge is -2.30. The lowest BCUT2D eigenvalue weighted by molar-refractivity contribution is -0.118. The van der Waals surface area contributed by atoms with Gasteiger partial charge in [0.1, 0.15) is 17.1 Å². The lowest BCUT2D eigenvalue weighted by atomic mass is 9.76. The smallest absolute Gasteiger partial charge is 0.284 e. The molecule has 1 heterocycles. The fourth-order valence-electron chi connectivity index (χ4n) is 4.84. The zero-order chi connectivity index (χ0) is 31.5. The number of aliphatic hydroxyl groups is 1. The standard InChI is InChI=1S/C36H43N3O4/c1-9-35(5,6)26-15-20-30(29(21-26)36(7,8)10-2)43-22-31(40)37-27-16-18-28(19-17-27)39-34(42)32(24(4)38-39)33(41)25-13-11-23(3)12-14-25/h11-21,41H,9-10,22H2,1-8H3,(H,37,40)/b33-32-. The molecular formula is C36H43N3O4. The Labute approximate surface area is 255 Å². The van der Waals surface area contributed by atoms with Crippen LogP contribution in [0, 0.1) is 6.92 Å². The Hall–Kier alpha value is -4.39. The number of aliphatic hydroxyl groups excluding tert-OH is 1. The van der Waals surface area contributed by atoms with Crippen molar-refractivity contribution in [2.45, 2.75) is 79.1 Å². The summed E-state index contributed by atoms with van der Waals surface area (Å²) in [6.45, 7) is 16.7. The van der Waals surface area contributed by atoms with Gasteiger partial charge in [0.15, 0.2) is 6.61 Å². The van der Waals surface area contributed by atoms with E-state index in [9.17, 15) is 14.7 Å². The Morgan fingerprint density at radius 1 is 0.907 bits per heavy atom. The van der Waals surface area contributed by atoms with E-state index in [1.165, 1.54) is 10.6 Å². The van der Waals surface area contributed by atoms with Crippen molar-refractivity contribution in [1.82, 2.24) is 0 Å². The molecule has 226 valence electrons. The van der Waals surface area contributed by atoms with Gasteiger partial charge in [0, 0.05) is 16.8 Å². The molecule has 1 aliphatic heterocycles. The highest BCUT2D eigenvalue weighted by molar-refractivity contribution is 6.33. The van der Waals surface area contributed by atoms with Crippen molar-refractivity contribution in [2.24, 2.45) is 5.10 Å². The number of rotatable bonds is 10. The zero-order valence-corrected chi connectivity index (χ0v) is 26.5. The van der Waals surface area contributed by atoms with Crippen LogP contribution in [0.15, 0.2) is 77.4 Å². The first-order valence-corrected chi connectivity index (χ1v) is 14.9. The van der Waals surface area contributed by atoms with E-state index in [-0.39, 0.29) is 34.7 Å². The second-order valence-electron chi connectivity index (χ2n) is 12.5. The molecule has 0 fully saturated rings. The van der Waals surface area contributed by atoms with Gasteiger partial charge in [-0.05, 0) is 73.4 Å². The molecule has 4 rings (SSSR count). The number of nitrogens with zero attached hydrogens (tertiary/aromatic N) is 2. The largest absolute Gasteiger partial charge is 0.506 e. The maximum absolute atomic E-state index is 13.2. The van der Waals surface area contributed by atoms with Crippen LogP contribution in [0.4, 0.5) is 11.4 Å². The second kappa shape index (κ2) is 12.5. The van der Waals surface area contributed by atoms with E-state index >= 15 is 0 Å². The van der Waals surface area contributed by atoms with E-state index in [1.807, 2.05) is 25.1 Å². The highest BCUT2D eigenvalue weighted by Crippen LogP contribution is 2.38. The molecule has 0 aromatic heterocycles. The van der Waals surface area contributed by atoms with Crippen LogP contribution < -0.4 is 15.1 Å². The van der Waals surface area contributed by atoms with E-state index in [0.29, 0.717) is 28.4 Å². The molecule has 3 aromatic rings. The molecule has 2 N–H and O–H groups in total. The third-order valence-corrected chi connectivity index (χ3v) is 8.59. The maximum atomic E-state index is 13.2. The minimum absolute atomic E-state index is 0.0453. The van der Waals surface area contributed by atoms with Crippen LogP contribution >= 0.6 is 0 Å². The van der Waals surface area contributed by atoms with Crippen LogP contribution in [0.2, 0.25) is 0 Å². The molecule has 0 spiro atoms. The summed E-state index contributed by atoms with van der Waals surface area (Å²) in [6.07, 6.45) is 1.95. The van der Waals surface area contributed by atoms with Gasteiger partial charge in [-0.2, -0.15) is 10.1 Å². The van der Waals surface area contributed by atoms with Gasteiger partial charge in [0.2, 0.25) is 0 Å². The Balaban J connectivity index is 1.44. The molecule has 0 unspecified atom stereocenters. The zero-order valence-electron chi connectivity index (χ0n) is 26.5. The van der Waals surface area contributed by atoms with Crippen LogP contribution in [-0.2, 0) is 20.4 Å². The van der Waals surface area contributed by atoms with Crippen molar-refractivity contribution in [3.05, 3.63) is 94.6 Å². The maximum Gasteiger partial charge on any atom is 0.284 e. The number of anilines is 2. The first kappa shape index (κ1) is 31.5. The SMILES string of the molecule is CCC(C)(C)c1ccc(OCC(=O)Nc2ccc(N3N=C(C)/C(=C(/O)c4ccc(C)cc4)C3=O)cc2)c(C(C)(C)CC)c1. The molecule has 3 aromatic carbocycles. The van der Waals surface area contributed by atoms with Crippen LogP contribution in [0.1, 0.15) is 83.6 Å². The fraction of sp³-hybridized carbons (Fsp3) is 0.361. The molecule has 0 bridgehead atoms. The number of ether oxygens (including phenoxy) is 1. The monoisotopic (exact) mass is 581 g/mol. The van der Waals surface area contributed by atoms with Gasteiger partial charge >= 0.3 is 0 Å². The van der Waals surface area contributed by atoms with Crippen molar-refractivity contribution in [3.63, 3.8) is 0 Å². The Kier molecular flexibility index (Phi) is 9.14. The molecule has 0 aliphatic carbocycles. The van der Waals surface area contributed by atoms with Crippen LogP contribution in [0.5, 0.6) is 5.75 Å². The Morgan fingerprint density at radius 2 is 1.53 bits per heavy atom. The Bertz CT molecular complexity index is 1560. The van der Waals surface area contributed by atoms with E-state index in [2.05, 4.69) is 64.1 Å². The van der Waals surface area contributed by atoms with Crippen molar-refractivity contribution in [3.8, 4) is 5.75 Å². The quantitative estimate of drug-likeness (QED) is 0.187. The third kappa shape index (κ3) is 6.82. The predicted octanol–water partition coefficient (Wildman–Crippen LogP) is 8.08. The van der Waals surface area contributed by atoms with E-state index < -0.39 is 5.91 Å². The minimum Gasteiger partial charge on any atom is -0.506 e. The van der Waals surface area contributed by atoms with Crippen LogP contribution in [-0.4, -0.2) is 29.2 Å². The lowest BCUT2D eigenvalue weighted by Crippen LogP contribution is -2.24. The molecule has 0 radical (unpaired) electrons. The summed E-state index contributed by atoms with van der Waals surface area (Å²) in [5.41, 5.74) is 5.57. The highest BCUT2D eigenvalue weighted by atomic mass is 16.5. The molecule has 2 amide bonds. The average Bonchev–Trinajstić information content (AvgIpc) is 3.29. The summed E-state index contributed by atoms with van der Waals surface area (Å²) in [5.74, 6) is -0.0939. The summed E-state index contributed by atoms with van der Waals surface area (Å²) in [4.78, 5) is 26.0. The summed E-state index contributed by atoms with van der Waals surface area (Å²) in [6, 6.07) is 20.4. The van der Waals surface area contributed by atoms with Gasteiger partial charge in [-0.3, -0.25) is 9.59 Å². The van der Waals surface area contributed by atoms with Crippen molar-refractivity contribution in [1.29, 1.82) is 0 Å². The summed E-state index contributed by atoms with van der Waals surface area (Å²) >= 11 is 0. The summed E-state index contributed by atoms with van der Waals surface area (Å²) in [5, 5.41) is 19.3. The minimum atomic E-state index is -0.417. The molecule has 7 nitrogen and oxygen atoms in total. The van der Waals surface area contributed by atoms with Gasteiger partial charge in [-0.1, -0.05) is 83.5 Å². The third-order valence-electron chi connectivity index (χ3n) is 8.59. The van der Waals surface area contributed by atoms with Gasteiger partial charge in [-0.15, -0.1) is 0 Å². The average molecular weight is 582 g/mol. The number of carbonyl (C=O) groups excluding carboxylic acids is 2. The van der Waals surface area contributed by atoms with E-state index in [0.717, 1.165) is 24.0 Å². The van der Waals surface area contributed by atoms with Gasteiger partial charge in [0.25, 0.3) is 11.8 Å². The number of amides is 2. The highest BCUT2D eigenvalue weighted by Gasteiger charge is 2.32. The first-order valence-electron chi connectivity index (χ1n) is 14.9. The van der Waals surface area contributed by atoms with Crippen molar-refractivity contribution < 1.29 is 19.4 Å². The molecule has 0 saturated heterocycles. The predicted molar refractivity (Wildman–Crippen MR) is 175 cm³/mol. The molecule has 1 aliphatic rings. The van der Waals surface area contributed by atoms with Crippen molar-refractivity contribution >= 4 is 34.7 Å². The van der Waals surface area contributed by atoms with Gasteiger partial charge in [0.05, 0.1) is 11.4 Å². The number of aryl methyl sites for hydroxylation is 1. The number of benzene rings is 3. The summed E-state index contributed by atoms with van der Waals surface area (Å²) in [7, 11) is 0. The number of hydrogen-bond acceptors (Lipinski definition) is 5. The van der Waals surface area contributed by atoms with Gasteiger partial charge in [-0.25, -0.2) is 0 Å². The normalized spacial score (nSPS) is 14.9. The second-order valence-corrected chi connectivity index (χ2v) is 12.5. The Morgan fingerprint density at radius 3 is 2.14 bits per heavy atom. The first-order chi connectivity index (χ1) is 20.3. The molecule has 0 saturated carbocycles. The number of hydrazone groups is 1. The molecule has 43 heavy (non-hydrogen) atoms. The van der Waals surface area contributed by atoms with Crippen LogP contribution in [0.3, 0.4) is 0 Å². The van der Waals surface area contributed by atoms with E-state index in [4.69, 9.17) is 4.74 Å². The number of carbonyl (C=O) groups is 2. The molecular weight excluding hydrogens is 538 g/mol.